The summed E-state index contributed by atoms with van der Waals surface area (Å²) in [6.07, 6.45) is -10.5. The number of carbonyl (C=O) groups is 3. The largest absolute Gasteiger partial charge is 0.471 e. The molecule has 0 aliphatic carbocycles. The highest BCUT2D eigenvalue weighted by Gasteiger charge is 2.40. The molecule has 108 valence electrons. The molecule has 0 radical (unpaired) electrons. The van der Waals surface area contributed by atoms with E-state index in [4.69, 9.17) is 0 Å². The van der Waals surface area contributed by atoms with Crippen LogP contribution < -0.4 is 5.32 Å². The Labute approximate surface area is 101 Å². The van der Waals surface area contributed by atoms with E-state index in [1.54, 1.807) is 0 Å². The minimum absolute atomic E-state index is 0.762. The van der Waals surface area contributed by atoms with Crippen LogP contribution in [0, 0.1) is 0 Å². The Bertz CT molecular complexity index is 410. The number of halogens is 6. The molecule has 0 aromatic rings. The third-order valence-electron chi connectivity index (χ3n) is 1.43. The summed E-state index contributed by atoms with van der Waals surface area (Å²) in [5.41, 5.74) is -1.94. The molecule has 0 aliphatic heterocycles. The normalized spacial score (nSPS) is 11.7. The summed E-state index contributed by atoms with van der Waals surface area (Å²) in [4.78, 5) is 31.5. The van der Waals surface area contributed by atoms with Crippen LogP contribution in [0.4, 0.5) is 26.3 Å². The van der Waals surface area contributed by atoms with Crippen molar-refractivity contribution >= 4 is 17.8 Å². The van der Waals surface area contributed by atoms with Crippen molar-refractivity contribution < 1.29 is 45.5 Å². The third kappa shape index (κ3) is 5.88. The van der Waals surface area contributed by atoms with Crippen LogP contribution in [0.5, 0.6) is 0 Å². The average molecular weight is 293 g/mol. The van der Waals surface area contributed by atoms with Crippen molar-refractivity contribution in [2.75, 3.05) is 6.61 Å². The molecule has 0 rings (SSSR count). The van der Waals surface area contributed by atoms with E-state index in [0.29, 0.717) is 0 Å². The zero-order valence-electron chi connectivity index (χ0n) is 8.81. The minimum atomic E-state index is -5.35. The molecule has 19 heavy (non-hydrogen) atoms. The lowest BCUT2D eigenvalue weighted by atomic mass is 10.3. The summed E-state index contributed by atoms with van der Waals surface area (Å²) < 4.78 is 74.3. The van der Waals surface area contributed by atoms with Crippen molar-refractivity contribution in [2.24, 2.45) is 0 Å². The molecule has 0 saturated heterocycles. The van der Waals surface area contributed by atoms with E-state index in [1.807, 2.05) is 0 Å². The Kier molecular flexibility index (Phi) is 5.09. The fourth-order valence-corrected chi connectivity index (χ4v) is 0.568. The van der Waals surface area contributed by atoms with Gasteiger partial charge in [-0.15, -0.1) is 0 Å². The number of rotatable bonds is 3. The van der Waals surface area contributed by atoms with Gasteiger partial charge in [-0.2, -0.15) is 26.3 Å². The number of carbonyl (C=O) groups excluding carboxylic acids is 3. The first-order valence-electron chi connectivity index (χ1n) is 4.20. The Morgan fingerprint density at radius 1 is 1.00 bits per heavy atom. The van der Waals surface area contributed by atoms with Gasteiger partial charge in [0, 0.05) is 0 Å². The van der Waals surface area contributed by atoms with E-state index < -0.39 is 42.3 Å². The van der Waals surface area contributed by atoms with Gasteiger partial charge >= 0.3 is 24.2 Å². The first kappa shape index (κ1) is 16.9. The number of ether oxygens (including phenoxy) is 1. The number of amides is 2. The second-order valence-electron chi connectivity index (χ2n) is 2.93. The van der Waals surface area contributed by atoms with Gasteiger partial charge in [-0.3, -0.25) is 14.9 Å². The molecule has 0 bridgehead atoms. The SMILES string of the molecule is C=C(C(=O)OCC(=O)NC(=O)C(F)(F)F)C(F)(F)F. The molecular formula is C8H5F6NO4. The van der Waals surface area contributed by atoms with Crippen LogP contribution in [0.25, 0.3) is 0 Å². The second-order valence-corrected chi connectivity index (χ2v) is 2.93. The molecule has 0 aromatic heterocycles. The highest BCUT2D eigenvalue weighted by Crippen LogP contribution is 2.24. The Balaban J connectivity index is 4.30. The van der Waals surface area contributed by atoms with E-state index in [0.717, 1.165) is 5.32 Å². The molecule has 2 amide bonds. The smallest absolute Gasteiger partial charge is 0.452 e. The van der Waals surface area contributed by atoms with Crippen molar-refractivity contribution in [3.05, 3.63) is 12.2 Å². The molecular weight excluding hydrogens is 288 g/mol. The molecule has 0 heterocycles. The van der Waals surface area contributed by atoms with E-state index in [2.05, 4.69) is 11.3 Å². The first-order chi connectivity index (χ1) is 8.35. The monoisotopic (exact) mass is 293 g/mol. The number of nitrogens with one attached hydrogen (secondary N) is 1. The zero-order chi connectivity index (χ0) is 15.4. The fraction of sp³-hybridized carbons (Fsp3) is 0.375. The lowest BCUT2D eigenvalue weighted by Crippen LogP contribution is -2.42. The maximum absolute atomic E-state index is 11.9. The van der Waals surface area contributed by atoms with Gasteiger partial charge in [0.2, 0.25) is 0 Å². The number of imide groups is 1. The van der Waals surface area contributed by atoms with Crippen LogP contribution in [0.3, 0.4) is 0 Å². The van der Waals surface area contributed by atoms with Crippen LogP contribution in [0.2, 0.25) is 0 Å². The third-order valence-corrected chi connectivity index (χ3v) is 1.43. The van der Waals surface area contributed by atoms with Crippen LogP contribution in [-0.4, -0.2) is 36.7 Å². The van der Waals surface area contributed by atoms with Crippen LogP contribution in [0.1, 0.15) is 0 Å². The summed E-state index contributed by atoms with van der Waals surface area (Å²) in [5, 5.41) is 0.762. The average Bonchev–Trinajstić information content (AvgIpc) is 2.22. The van der Waals surface area contributed by atoms with Crippen molar-refractivity contribution in [1.29, 1.82) is 0 Å². The van der Waals surface area contributed by atoms with E-state index in [9.17, 15) is 40.7 Å². The number of alkyl halides is 6. The zero-order valence-corrected chi connectivity index (χ0v) is 8.81. The topological polar surface area (TPSA) is 72.5 Å². The van der Waals surface area contributed by atoms with Gasteiger partial charge < -0.3 is 4.74 Å². The van der Waals surface area contributed by atoms with E-state index in [-0.39, 0.29) is 0 Å². The summed E-state index contributed by atoms with van der Waals surface area (Å²) in [5.74, 6) is -6.41. The Morgan fingerprint density at radius 2 is 1.47 bits per heavy atom. The van der Waals surface area contributed by atoms with Gasteiger partial charge in [0.25, 0.3) is 5.91 Å². The van der Waals surface area contributed by atoms with Crippen molar-refractivity contribution in [3.8, 4) is 0 Å². The molecule has 0 fully saturated rings. The summed E-state index contributed by atoms with van der Waals surface area (Å²) in [6, 6.07) is 0. The van der Waals surface area contributed by atoms with E-state index >= 15 is 0 Å². The van der Waals surface area contributed by atoms with Gasteiger partial charge in [-0.25, -0.2) is 4.79 Å². The standard InChI is InChI=1S/C8H5F6NO4/c1-3(7(9,10)11)5(17)19-2-4(16)15-6(18)8(12,13)14/h1-2H2,(H,15,16,18). The predicted molar refractivity (Wildman–Crippen MR) is 45.4 cm³/mol. The van der Waals surface area contributed by atoms with Gasteiger partial charge in [0.15, 0.2) is 6.61 Å². The molecule has 0 aliphatic rings. The highest BCUT2D eigenvalue weighted by molar-refractivity contribution is 5.99. The van der Waals surface area contributed by atoms with Crippen molar-refractivity contribution in [3.63, 3.8) is 0 Å². The first-order valence-corrected chi connectivity index (χ1v) is 4.20. The highest BCUT2D eigenvalue weighted by atomic mass is 19.4. The molecule has 5 nitrogen and oxygen atoms in total. The fourth-order valence-electron chi connectivity index (χ4n) is 0.568. The lowest BCUT2D eigenvalue weighted by Gasteiger charge is -2.10. The number of hydrogen-bond donors (Lipinski definition) is 1. The Hall–Kier alpha value is -2.07. The molecule has 0 unspecified atom stereocenters. The minimum Gasteiger partial charge on any atom is -0.452 e. The van der Waals surface area contributed by atoms with Gasteiger partial charge in [0.1, 0.15) is 5.57 Å². The van der Waals surface area contributed by atoms with Crippen molar-refractivity contribution in [2.45, 2.75) is 12.4 Å². The quantitative estimate of drug-likeness (QED) is 0.476. The van der Waals surface area contributed by atoms with Crippen LogP contribution >= 0.6 is 0 Å². The van der Waals surface area contributed by atoms with E-state index in [1.165, 1.54) is 0 Å². The molecule has 0 spiro atoms. The second kappa shape index (κ2) is 5.71. The summed E-state index contributed by atoms with van der Waals surface area (Å²) >= 11 is 0. The number of esters is 1. The Morgan fingerprint density at radius 3 is 1.84 bits per heavy atom. The van der Waals surface area contributed by atoms with Gasteiger partial charge in [-0.1, -0.05) is 6.58 Å². The molecule has 0 atom stereocenters. The molecule has 0 saturated carbocycles. The van der Waals surface area contributed by atoms with Crippen LogP contribution in [0.15, 0.2) is 12.2 Å². The summed E-state index contributed by atoms with van der Waals surface area (Å²) in [7, 11) is 0. The maximum atomic E-state index is 11.9. The molecule has 11 heteroatoms. The molecule has 0 aromatic carbocycles. The van der Waals surface area contributed by atoms with Gasteiger partial charge in [-0.05, 0) is 0 Å². The van der Waals surface area contributed by atoms with Crippen molar-refractivity contribution in [1.82, 2.24) is 5.32 Å². The van der Waals surface area contributed by atoms with Gasteiger partial charge in [0.05, 0.1) is 0 Å². The number of hydrogen-bond acceptors (Lipinski definition) is 4. The maximum Gasteiger partial charge on any atom is 0.471 e. The van der Waals surface area contributed by atoms with Crippen LogP contribution in [-0.2, 0) is 19.1 Å². The predicted octanol–water partition coefficient (Wildman–Crippen LogP) is 0.853. The lowest BCUT2D eigenvalue weighted by molar-refractivity contribution is -0.175. The molecule has 1 N–H and O–H groups in total. The summed E-state index contributed by atoms with van der Waals surface area (Å²) in [6.45, 7) is 0.836.